The molecule has 1 N–H and O–H groups in total. The summed E-state index contributed by atoms with van der Waals surface area (Å²) in [5.41, 5.74) is 0. The molecule has 1 saturated heterocycles. The maximum Gasteiger partial charge on any atom is 0.0707 e. The Morgan fingerprint density at radius 3 is 2.33 bits per heavy atom. The van der Waals surface area contributed by atoms with Crippen molar-refractivity contribution in [2.24, 2.45) is 0 Å². The van der Waals surface area contributed by atoms with Crippen molar-refractivity contribution < 1.29 is 4.74 Å². The van der Waals surface area contributed by atoms with E-state index >= 15 is 0 Å². The van der Waals surface area contributed by atoms with Gasteiger partial charge in [-0.25, -0.2) is 0 Å². The minimum absolute atomic E-state index is 0.385. The van der Waals surface area contributed by atoms with Crippen LogP contribution in [0.3, 0.4) is 0 Å². The fourth-order valence-electron chi connectivity index (χ4n) is 2.53. The van der Waals surface area contributed by atoms with Gasteiger partial charge < -0.3 is 10.1 Å². The molecule has 2 rings (SSSR count). The third-order valence-electron chi connectivity index (χ3n) is 3.64. The molecule has 2 unspecified atom stereocenters. The van der Waals surface area contributed by atoms with Crippen LogP contribution in [0.1, 0.15) is 25.7 Å². The summed E-state index contributed by atoms with van der Waals surface area (Å²) >= 11 is 0. The standard InChI is InChI=1S/C15H26N2O/c1-3-9-17(10-4-2)12-15-8-7-14(18-15)11-16-13-5-6-13/h3-4,13-16H,1-2,5-12H2. The Hall–Kier alpha value is -0.640. The van der Waals surface area contributed by atoms with Gasteiger partial charge >= 0.3 is 0 Å². The highest BCUT2D eigenvalue weighted by atomic mass is 16.5. The van der Waals surface area contributed by atoms with Crippen molar-refractivity contribution in [3.05, 3.63) is 25.3 Å². The average molecular weight is 250 g/mol. The molecule has 18 heavy (non-hydrogen) atoms. The number of nitrogens with zero attached hydrogens (tertiary/aromatic N) is 1. The van der Waals surface area contributed by atoms with Crippen LogP contribution in [0.2, 0.25) is 0 Å². The van der Waals surface area contributed by atoms with Crippen molar-refractivity contribution in [3.8, 4) is 0 Å². The lowest BCUT2D eigenvalue weighted by Gasteiger charge is -2.23. The molecule has 3 heteroatoms. The van der Waals surface area contributed by atoms with Crippen LogP contribution in [-0.4, -0.2) is 49.3 Å². The van der Waals surface area contributed by atoms with Gasteiger partial charge in [0.15, 0.2) is 0 Å². The van der Waals surface area contributed by atoms with E-state index in [0.29, 0.717) is 12.2 Å². The molecule has 0 amide bonds. The average Bonchev–Trinajstić information content (AvgIpc) is 3.08. The van der Waals surface area contributed by atoms with E-state index in [1.165, 1.54) is 25.7 Å². The van der Waals surface area contributed by atoms with Gasteiger partial charge in [-0.05, 0) is 25.7 Å². The molecule has 3 nitrogen and oxygen atoms in total. The fourth-order valence-corrected chi connectivity index (χ4v) is 2.53. The Bertz CT molecular complexity index is 266. The molecule has 2 fully saturated rings. The van der Waals surface area contributed by atoms with Gasteiger partial charge in [-0.2, -0.15) is 0 Å². The van der Waals surface area contributed by atoms with Crippen LogP contribution in [0.15, 0.2) is 25.3 Å². The topological polar surface area (TPSA) is 24.5 Å². The highest BCUT2D eigenvalue weighted by molar-refractivity contribution is 4.86. The molecule has 1 aliphatic heterocycles. The second-order valence-electron chi connectivity index (χ2n) is 5.44. The van der Waals surface area contributed by atoms with Gasteiger partial charge in [0.2, 0.25) is 0 Å². The van der Waals surface area contributed by atoms with Crippen molar-refractivity contribution in [1.29, 1.82) is 0 Å². The molecule has 1 heterocycles. The summed E-state index contributed by atoms with van der Waals surface area (Å²) in [6, 6.07) is 0.783. The molecule has 1 saturated carbocycles. The van der Waals surface area contributed by atoms with Crippen LogP contribution in [0.4, 0.5) is 0 Å². The Balaban J connectivity index is 1.66. The van der Waals surface area contributed by atoms with Gasteiger partial charge in [0.1, 0.15) is 0 Å². The van der Waals surface area contributed by atoms with Crippen molar-refractivity contribution in [3.63, 3.8) is 0 Å². The van der Waals surface area contributed by atoms with Crippen LogP contribution >= 0.6 is 0 Å². The predicted molar refractivity (Wildman–Crippen MR) is 75.8 cm³/mol. The third kappa shape index (κ3) is 4.56. The summed E-state index contributed by atoms with van der Waals surface area (Å²) in [7, 11) is 0. The molecule has 0 aromatic heterocycles. The van der Waals surface area contributed by atoms with Gasteiger partial charge in [0.25, 0.3) is 0 Å². The first-order valence-electron chi connectivity index (χ1n) is 7.14. The van der Waals surface area contributed by atoms with Crippen LogP contribution in [-0.2, 0) is 4.74 Å². The zero-order valence-corrected chi connectivity index (χ0v) is 11.3. The van der Waals surface area contributed by atoms with E-state index in [1.807, 2.05) is 12.2 Å². The van der Waals surface area contributed by atoms with Gasteiger partial charge in [0, 0.05) is 32.2 Å². The maximum absolute atomic E-state index is 6.09. The summed E-state index contributed by atoms with van der Waals surface area (Å²) < 4.78 is 6.09. The molecular formula is C15H26N2O. The van der Waals surface area contributed by atoms with Crippen LogP contribution in [0, 0.1) is 0 Å². The first kappa shape index (κ1) is 13.8. The monoisotopic (exact) mass is 250 g/mol. The quantitative estimate of drug-likeness (QED) is 0.633. The summed E-state index contributed by atoms with van der Waals surface area (Å²) in [5.74, 6) is 0. The van der Waals surface area contributed by atoms with Crippen LogP contribution < -0.4 is 5.32 Å². The summed E-state index contributed by atoms with van der Waals surface area (Å²) in [6.45, 7) is 11.5. The minimum Gasteiger partial charge on any atom is -0.372 e. The van der Waals surface area contributed by atoms with Crippen molar-refractivity contribution in [2.75, 3.05) is 26.2 Å². The first-order chi connectivity index (χ1) is 8.81. The Kier molecular flexibility index (Phi) is 5.42. The smallest absolute Gasteiger partial charge is 0.0707 e. The van der Waals surface area contributed by atoms with E-state index in [1.54, 1.807) is 0 Å². The number of hydrogen-bond acceptors (Lipinski definition) is 3. The van der Waals surface area contributed by atoms with Crippen molar-refractivity contribution >= 4 is 0 Å². The number of hydrogen-bond donors (Lipinski definition) is 1. The molecule has 2 atom stereocenters. The van der Waals surface area contributed by atoms with E-state index in [2.05, 4.69) is 23.4 Å². The Morgan fingerprint density at radius 1 is 1.06 bits per heavy atom. The maximum atomic E-state index is 6.09. The largest absolute Gasteiger partial charge is 0.372 e. The number of nitrogens with one attached hydrogen (secondary N) is 1. The molecule has 0 spiro atoms. The van der Waals surface area contributed by atoms with Crippen molar-refractivity contribution in [1.82, 2.24) is 10.2 Å². The third-order valence-corrected chi connectivity index (χ3v) is 3.64. The first-order valence-corrected chi connectivity index (χ1v) is 7.14. The molecular weight excluding hydrogens is 224 g/mol. The SMILES string of the molecule is C=CCN(CC=C)CC1CCC(CNC2CC2)O1. The lowest BCUT2D eigenvalue weighted by molar-refractivity contribution is 0.0272. The van der Waals surface area contributed by atoms with Crippen LogP contribution in [0.25, 0.3) is 0 Å². The van der Waals surface area contributed by atoms with E-state index in [4.69, 9.17) is 4.74 Å². The molecule has 1 aliphatic carbocycles. The van der Waals surface area contributed by atoms with E-state index in [-0.39, 0.29) is 0 Å². The minimum atomic E-state index is 0.385. The lowest BCUT2D eigenvalue weighted by Crippen LogP contribution is -2.34. The predicted octanol–water partition coefficient (Wildman–Crippen LogP) is 1.96. The van der Waals surface area contributed by atoms with Crippen molar-refractivity contribution in [2.45, 2.75) is 43.9 Å². The zero-order chi connectivity index (χ0) is 12.8. The van der Waals surface area contributed by atoms with E-state index < -0.39 is 0 Å². The fraction of sp³-hybridized carbons (Fsp3) is 0.733. The molecule has 0 aromatic carbocycles. The Morgan fingerprint density at radius 2 is 1.72 bits per heavy atom. The number of rotatable bonds is 9. The van der Waals surface area contributed by atoms with Crippen LogP contribution in [0.5, 0.6) is 0 Å². The second kappa shape index (κ2) is 7.07. The molecule has 102 valence electrons. The number of ether oxygens (including phenoxy) is 1. The molecule has 0 bridgehead atoms. The molecule has 2 aliphatic rings. The summed E-state index contributed by atoms with van der Waals surface area (Å²) in [6.07, 6.45) is 9.78. The van der Waals surface area contributed by atoms with Gasteiger partial charge in [-0.1, -0.05) is 12.2 Å². The zero-order valence-electron chi connectivity index (χ0n) is 11.3. The molecule has 0 radical (unpaired) electrons. The summed E-state index contributed by atoms with van der Waals surface area (Å²) in [4.78, 5) is 2.33. The Labute approximate surface area is 111 Å². The van der Waals surface area contributed by atoms with E-state index in [0.717, 1.165) is 32.2 Å². The van der Waals surface area contributed by atoms with Gasteiger partial charge in [-0.3, -0.25) is 4.90 Å². The highest BCUT2D eigenvalue weighted by Gasteiger charge is 2.28. The van der Waals surface area contributed by atoms with Gasteiger partial charge in [0.05, 0.1) is 12.2 Å². The molecule has 0 aromatic rings. The normalized spacial score (nSPS) is 27.6. The summed E-state index contributed by atoms with van der Waals surface area (Å²) in [5, 5.41) is 3.55. The van der Waals surface area contributed by atoms with E-state index in [9.17, 15) is 0 Å². The second-order valence-corrected chi connectivity index (χ2v) is 5.44. The lowest BCUT2D eigenvalue weighted by atomic mass is 10.2. The highest BCUT2D eigenvalue weighted by Crippen LogP contribution is 2.23. The van der Waals surface area contributed by atoms with Gasteiger partial charge in [-0.15, -0.1) is 13.2 Å².